The van der Waals surface area contributed by atoms with Crippen LogP contribution in [-0.4, -0.2) is 82.2 Å². The molecule has 12 heteroatoms. The van der Waals surface area contributed by atoms with Crippen molar-refractivity contribution in [2.45, 2.75) is 69.5 Å². The summed E-state index contributed by atoms with van der Waals surface area (Å²) < 4.78 is 24.3. The molecule has 1 aromatic heterocycles. The maximum atomic E-state index is 13.2. The summed E-state index contributed by atoms with van der Waals surface area (Å²) in [6, 6.07) is 9.62. The number of unbranched alkanes of at least 4 members (excludes halogenated alkanes) is 3. The molecule has 2 heterocycles. The van der Waals surface area contributed by atoms with Gasteiger partial charge in [-0.1, -0.05) is 30.2 Å². The van der Waals surface area contributed by atoms with Crippen molar-refractivity contribution in [1.29, 1.82) is 0 Å². The van der Waals surface area contributed by atoms with Crippen molar-refractivity contribution in [2.24, 2.45) is 0 Å². The monoisotopic (exact) mass is 601 g/mol. The molecule has 0 spiro atoms. The lowest BCUT2D eigenvalue weighted by atomic mass is 9.96. The topological polar surface area (TPSA) is 145 Å². The van der Waals surface area contributed by atoms with Gasteiger partial charge in [-0.3, -0.25) is 4.79 Å². The molecule has 1 aliphatic heterocycles. The number of ether oxygens (including phenoxy) is 4. The molecule has 0 saturated carbocycles. The summed E-state index contributed by atoms with van der Waals surface area (Å²) in [5.74, 6) is 3.19. The molecule has 1 fully saturated rings. The van der Waals surface area contributed by atoms with Gasteiger partial charge >= 0.3 is 0 Å². The Morgan fingerprint density at radius 1 is 1.17 bits per heavy atom. The number of imidazole rings is 1. The molecule has 1 saturated heterocycles. The number of aliphatic hydroxyl groups is 3. The Bertz CT molecular complexity index is 1410. The summed E-state index contributed by atoms with van der Waals surface area (Å²) in [5.41, 5.74) is 1.92. The van der Waals surface area contributed by atoms with Crippen molar-refractivity contribution in [3.63, 3.8) is 0 Å². The van der Waals surface area contributed by atoms with Gasteiger partial charge in [-0.15, -0.1) is 12.3 Å². The molecule has 1 aliphatic rings. The van der Waals surface area contributed by atoms with E-state index >= 15 is 0 Å². The van der Waals surface area contributed by atoms with Crippen LogP contribution >= 0.6 is 11.6 Å². The zero-order valence-corrected chi connectivity index (χ0v) is 24.3. The highest BCUT2D eigenvalue weighted by molar-refractivity contribution is 6.32. The Balaban J connectivity index is 1.50. The second kappa shape index (κ2) is 14.7. The first kappa shape index (κ1) is 31.6. The molecule has 0 aliphatic carbocycles. The molecular formula is C30H36ClN3O8. The fourth-order valence-electron chi connectivity index (χ4n) is 4.96. The second-order valence-electron chi connectivity index (χ2n) is 9.90. The zero-order chi connectivity index (χ0) is 30.2. The van der Waals surface area contributed by atoms with Gasteiger partial charge in [0.1, 0.15) is 48.3 Å². The number of methoxy groups -OCH3 is 2. The number of nitrogens with zero attached hydrogens (tertiary/aromatic N) is 2. The standard InChI is InChI=1S/C30H36ClN3O8/c1-4-5-6-7-10-13-34-21-12-9-8-11-20(21)32-25(34)17-41-23-15-22(39-2)18(14-19(23)31)29(38)33-26-28(37)27(36)24(16-35)42-30(26)40-3/h1,8-9,11-12,14-15,24,26-28,30,35-37H,5-7,10,13,16-17H2,2-3H3,(H,33,38)/t24-,26-,27-,28-,30+/m1/s1. The number of hydrogen-bond donors (Lipinski definition) is 4. The van der Waals surface area contributed by atoms with Crippen LogP contribution in [0.3, 0.4) is 0 Å². The summed E-state index contributed by atoms with van der Waals surface area (Å²) in [6.45, 7) is 0.345. The predicted molar refractivity (Wildman–Crippen MR) is 155 cm³/mol. The van der Waals surface area contributed by atoms with Crippen LogP contribution in [0.5, 0.6) is 11.5 Å². The van der Waals surface area contributed by atoms with Crippen molar-refractivity contribution in [1.82, 2.24) is 14.9 Å². The van der Waals surface area contributed by atoms with Crippen LogP contribution in [0.1, 0.15) is 41.9 Å². The van der Waals surface area contributed by atoms with Crippen LogP contribution in [0.4, 0.5) is 0 Å². The Labute approximate surface area is 249 Å². The van der Waals surface area contributed by atoms with E-state index in [1.807, 2.05) is 24.3 Å². The number of hydrogen-bond acceptors (Lipinski definition) is 9. The summed E-state index contributed by atoms with van der Waals surface area (Å²) in [7, 11) is 2.72. The van der Waals surface area contributed by atoms with Crippen LogP contribution in [0.2, 0.25) is 5.02 Å². The molecule has 0 unspecified atom stereocenters. The van der Waals surface area contributed by atoms with Crippen molar-refractivity contribution in [3.8, 4) is 23.8 Å². The summed E-state index contributed by atoms with van der Waals surface area (Å²) in [4.78, 5) is 18.0. The minimum absolute atomic E-state index is 0.0647. The number of amides is 1. The van der Waals surface area contributed by atoms with E-state index in [1.165, 1.54) is 26.4 Å². The highest BCUT2D eigenvalue weighted by atomic mass is 35.5. The number of nitrogens with one attached hydrogen (secondary N) is 1. The number of carbonyl (C=O) groups is 1. The minimum Gasteiger partial charge on any atom is -0.496 e. The molecule has 3 aromatic rings. The average molecular weight is 602 g/mol. The average Bonchev–Trinajstić information content (AvgIpc) is 3.35. The van der Waals surface area contributed by atoms with E-state index in [0.29, 0.717) is 0 Å². The number of halogens is 1. The maximum absolute atomic E-state index is 13.2. The molecule has 4 N–H and O–H groups in total. The molecule has 4 rings (SSSR count). The summed E-state index contributed by atoms with van der Waals surface area (Å²) in [5, 5.41) is 33.0. The second-order valence-corrected chi connectivity index (χ2v) is 10.3. The van der Waals surface area contributed by atoms with Crippen molar-refractivity contribution >= 4 is 28.5 Å². The number of para-hydroxylation sites is 2. The Morgan fingerprint density at radius 2 is 1.95 bits per heavy atom. The largest absolute Gasteiger partial charge is 0.496 e. The smallest absolute Gasteiger partial charge is 0.255 e. The highest BCUT2D eigenvalue weighted by Gasteiger charge is 2.45. The van der Waals surface area contributed by atoms with Crippen LogP contribution in [0.15, 0.2) is 36.4 Å². The van der Waals surface area contributed by atoms with Crippen molar-refractivity contribution in [2.75, 3.05) is 20.8 Å². The Kier molecular flexibility index (Phi) is 11.0. The van der Waals surface area contributed by atoms with Gasteiger partial charge in [0, 0.05) is 26.1 Å². The van der Waals surface area contributed by atoms with Crippen LogP contribution < -0.4 is 14.8 Å². The molecule has 42 heavy (non-hydrogen) atoms. The van der Waals surface area contributed by atoms with Crippen molar-refractivity contribution in [3.05, 3.63) is 52.8 Å². The maximum Gasteiger partial charge on any atom is 0.255 e. The van der Waals surface area contributed by atoms with Gasteiger partial charge in [-0.05, 0) is 31.0 Å². The number of fused-ring (bicyclic) bond motifs is 1. The minimum atomic E-state index is -1.47. The van der Waals surface area contributed by atoms with Gasteiger partial charge < -0.3 is 44.2 Å². The highest BCUT2D eigenvalue weighted by Crippen LogP contribution is 2.34. The molecular weight excluding hydrogens is 566 g/mol. The Morgan fingerprint density at radius 3 is 2.67 bits per heavy atom. The van der Waals surface area contributed by atoms with E-state index in [0.717, 1.165) is 49.1 Å². The third kappa shape index (κ3) is 6.98. The van der Waals surface area contributed by atoms with E-state index in [2.05, 4.69) is 15.8 Å². The zero-order valence-electron chi connectivity index (χ0n) is 23.5. The molecule has 0 radical (unpaired) electrons. The van der Waals surface area contributed by atoms with Crippen LogP contribution in [0.25, 0.3) is 11.0 Å². The Hall–Kier alpha value is -3.37. The number of terminal acetylenes is 1. The number of carbonyl (C=O) groups excluding carboxylic acids is 1. The number of rotatable bonds is 13. The molecule has 2 aromatic carbocycles. The van der Waals surface area contributed by atoms with E-state index in [-0.39, 0.29) is 28.7 Å². The summed E-state index contributed by atoms with van der Waals surface area (Å²) >= 11 is 6.54. The first-order valence-corrected chi connectivity index (χ1v) is 14.0. The lowest BCUT2D eigenvalue weighted by Gasteiger charge is -2.41. The van der Waals surface area contributed by atoms with Gasteiger partial charge in [0.2, 0.25) is 0 Å². The van der Waals surface area contributed by atoms with Gasteiger partial charge in [0.15, 0.2) is 6.29 Å². The fraction of sp³-hybridized carbons (Fsp3) is 0.467. The lowest BCUT2D eigenvalue weighted by Crippen LogP contribution is -2.64. The fourth-order valence-corrected chi connectivity index (χ4v) is 5.18. The van der Waals surface area contributed by atoms with Crippen LogP contribution in [-0.2, 0) is 22.6 Å². The van der Waals surface area contributed by atoms with Gasteiger partial charge in [0.05, 0.1) is 35.3 Å². The lowest BCUT2D eigenvalue weighted by molar-refractivity contribution is -0.261. The van der Waals surface area contributed by atoms with Gasteiger partial charge in [-0.25, -0.2) is 4.98 Å². The molecule has 226 valence electrons. The first-order valence-electron chi connectivity index (χ1n) is 13.7. The predicted octanol–water partition coefficient (Wildman–Crippen LogP) is 2.65. The molecule has 1 amide bonds. The molecule has 5 atom stereocenters. The SMILES string of the molecule is C#CCCCCCn1c(COc2cc(OC)c(C(=O)N[C@H]3[C@@H](OC)O[C@H](CO)[C@@H](O)[C@@H]3O)cc2Cl)nc2ccccc21. The molecule has 0 bridgehead atoms. The number of aliphatic hydroxyl groups excluding tert-OH is 3. The quantitative estimate of drug-likeness (QED) is 0.172. The molecule has 11 nitrogen and oxygen atoms in total. The van der Waals surface area contributed by atoms with E-state index in [1.54, 1.807) is 0 Å². The number of benzene rings is 2. The first-order chi connectivity index (χ1) is 20.3. The number of aryl methyl sites for hydroxylation is 1. The van der Waals surface area contributed by atoms with E-state index < -0.39 is 43.2 Å². The third-order valence-corrected chi connectivity index (χ3v) is 7.50. The van der Waals surface area contributed by atoms with Gasteiger partial charge in [0.25, 0.3) is 5.91 Å². The summed E-state index contributed by atoms with van der Waals surface area (Å²) in [6.07, 6.45) is 3.93. The van der Waals surface area contributed by atoms with E-state index in [9.17, 15) is 20.1 Å². The number of aromatic nitrogens is 2. The van der Waals surface area contributed by atoms with E-state index in [4.69, 9.17) is 42.0 Å². The third-order valence-electron chi connectivity index (χ3n) is 7.20. The van der Waals surface area contributed by atoms with Crippen molar-refractivity contribution < 1.29 is 39.1 Å². The normalized spacial score (nSPS) is 22.1. The van der Waals surface area contributed by atoms with Gasteiger partial charge in [-0.2, -0.15) is 0 Å². The van der Waals surface area contributed by atoms with Crippen LogP contribution in [0, 0.1) is 12.3 Å².